The van der Waals surface area contributed by atoms with E-state index < -0.39 is 15.8 Å². The third kappa shape index (κ3) is 6.13. The molecule has 0 aliphatic rings. The second-order valence-electron chi connectivity index (χ2n) is 7.86. The summed E-state index contributed by atoms with van der Waals surface area (Å²) in [4.78, 5) is 24.1. The normalized spacial score (nSPS) is 11.3. The number of rotatable bonds is 9. The predicted octanol–water partition coefficient (Wildman–Crippen LogP) is 4.14. The van der Waals surface area contributed by atoms with Crippen molar-refractivity contribution in [1.29, 1.82) is 0 Å². The quantitative estimate of drug-likeness (QED) is 0.330. The molecule has 0 aliphatic heterocycles. The Balaban J connectivity index is 1.32. The minimum absolute atomic E-state index is 0.197. The number of ether oxygens (including phenoxy) is 1. The zero-order valence-electron chi connectivity index (χ0n) is 19.0. The SMILES string of the molecule is COC(=O)c1ccc(CNC(=O)c2cccc(CNCS(=O)(=O)c3cc4ccccc4s3)c2)cc1. The van der Waals surface area contributed by atoms with E-state index in [1.54, 1.807) is 48.5 Å². The zero-order chi connectivity index (χ0) is 24.8. The van der Waals surface area contributed by atoms with Crippen molar-refractivity contribution in [3.05, 3.63) is 101 Å². The molecule has 0 aliphatic carbocycles. The van der Waals surface area contributed by atoms with E-state index >= 15 is 0 Å². The molecule has 1 amide bonds. The van der Waals surface area contributed by atoms with E-state index in [0.29, 0.717) is 28.4 Å². The van der Waals surface area contributed by atoms with Crippen LogP contribution in [0.3, 0.4) is 0 Å². The highest BCUT2D eigenvalue weighted by Crippen LogP contribution is 2.29. The van der Waals surface area contributed by atoms with Gasteiger partial charge in [0.2, 0.25) is 9.84 Å². The van der Waals surface area contributed by atoms with Crippen molar-refractivity contribution in [3.63, 3.8) is 0 Å². The van der Waals surface area contributed by atoms with Crippen LogP contribution in [0.25, 0.3) is 10.1 Å². The minimum atomic E-state index is -3.47. The lowest BCUT2D eigenvalue weighted by Crippen LogP contribution is -2.24. The van der Waals surface area contributed by atoms with Gasteiger partial charge in [-0.1, -0.05) is 42.5 Å². The van der Waals surface area contributed by atoms with Crippen molar-refractivity contribution in [2.45, 2.75) is 17.3 Å². The van der Waals surface area contributed by atoms with Crippen LogP contribution in [-0.2, 0) is 27.7 Å². The smallest absolute Gasteiger partial charge is 0.337 e. The van der Waals surface area contributed by atoms with Crippen LogP contribution in [0.2, 0.25) is 0 Å². The van der Waals surface area contributed by atoms with Gasteiger partial charge in [-0.05, 0) is 52.9 Å². The summed E-state index contributed by atoms with van der Waals surface area (Å²) in [5.41, 5.74) is 2.56. The topological polar surface area (TPSA) is 102 Å². The molecule has 0 saturated carbocycles. The maximum absolute atomic E-state index is 12.7. The van der Waals surface area contributed by atoms with Crippen LogP contribution < -0.4 is 10.6 Å². The first-order valence-electron chi connectivity index (χ1n) is 10.8. The highest BCUT2D eigenvalue weighted by Gasteiger charge is 2.17. The Morgan fingerprint density at radius 1 is 0.857 bits per heavy atom. The molecule has 0 saturated heterocycles. The van der Waals surface area contributed by atoms with Crippen molar-refractivity contribution < 1.29 is 22.7 Å². The van der Waals surface area contributed by atoms with E-state index in [9.17, 15) is 18.0 Å². The second kappa shape index (κ2) is 10.8. The molecule has 35 heavy (non-hydrogen) atoms. The molecular weight excluding hydrogens is 484 g/mol. The molecule has 0 atom stereocenters. The average Bonchev–Trinajstić information content (AvgIpc) is 3.33. The number of carbonyl (C=O) groups excluding carboxylic acids is 2. The van der Waals surface area contributed by atoms with E-state index in [1.165, 1.54) is 18.4 Å². The summed E-state index contributed by atoms with van der Waals surface area (Å²) in [5, 5.41) is 6.74. The summed E-state index contributed by atoms with van der Waals surface area (Å²) in [6, 6.07) is 23.1. The van der Waals surface area contributed by atoms with Crippen LogP contribution in [0.1, 0.15) is 31.8 Å². The van der Waals surface area contributed by atoms with Crippen LogP contribution in [0, 0.1) is 0 Å². The second-order valence-corrected chi connectivity index (χ2v) is 11.2. The third-order valence-electron chi connectivity index (χ3n) is 5.35. The van der Waals surface area contributed by atoms with Crippen LogP contribution in [0.5, 0.6) is 0 Å². The monoisotopic (exact) mass is 508 g/mol. The average molecular weight is 509 g/mol. The Labute approximate surface area is 207 Å². The van der Waals surface area contributed by atoms with Gasteiger partial charge in [0.15, 0.2) is 0 Å². The van der Waals surface area contributed by atoms with E-state index in [2.05, 4.69) is 15.4 Å². The van der Waals surface area contributed by atoms with Gasteiger partial charge in [0.05, 0.1) is 12.7 Å². The number of methoxy groups -OCH3 is 1. The number of thiophene rings is 1. The standard InChI is InChI=1S/C26H24N2O5S2/c1-33-26(30)20-11-9-18(10-12-20)16-28-25(29)22-7-4-5-19(13-22)15-27-17-35(31,32)24-14-21-6-2-3-8-23(21)34-24/h2-14,27H,15-17H2,1H3,(H,28,29). The number of sulfone groups is 1. The summed E-state index contributed by atoms with van der Waals surface area (Å²) >= 11 is 1.26. The lowest BCUT2D eigenvalue weighted by atomic mass is 10.1. The summed E-state index contributed by atoms with van der Waals surface area (Å²) in [7, 11) is -2.15. The van der Waals surface area contributed by atoms with Crippen LogP contribution in [0.4, 0.5) is 0 Å². The third-order valence-corrected chi connectivity index (χ3v) is 8.59. The van der Waals surface area contributed by atoms with Gasteiger partial charge in [-0.2, -0.15) is 0 Å². The molecule has 0 radical (unpaired) electrons. The molecule has 0 bridgehead atoms. The first kappa shape index (κ1) is 24.6. The van der Waals surface area contributed by atoms with Crippen LogP contribution >= 0.6 is 11.3 Å². The molecule has 4 rings (SSSR count). The Kier molecular flexibility index (Phi) is 7.60. The number of benzene rings is 3. The van der Waals surface area contributed by atoms with Gasteiger partial charge >= 0.3 is 5.97 Å². The molecule has 7 nitrogen and oxygen atoms in total. The van der Waals surface area contributed by atoms with E-state index in [1.807, 2.05) is 30.3 Å². The number of fused-ring (bicyclic) bond motifs is 1. The molecule has 1 aromatic heterocycles. The van der Waals surface area contributed by atoms with Crippen LogP contribution in [-0.4, -0.2) is 33.3 Å². The van der Waals surface area contributed by atoms with Gasteiger partial charge in [0, 0.05) is 23.4 Å². The summed E-state index contributed by atoms with van der Waals surface area (Å²) in [6.07, 6.45) is 0. The molecule has 0 fully saturated rings. The predicted molar refractivity (Wildman–Crippen MR) is 136 cm³/mol. The molecular formula is C26H24N2O5S2. The van der Waals surface area contributed by atoms with Crippen molar-refractivity contribution >= 4 is 43.1 Å². The van der Waals surface area contributed by atoms with Crippen molar-refractivity contribution in [2.75, 3.05) is 13.0 Å². The molecule has 0 spiro atoms. The fourth-order valence-corrected chi connectivity index (χ4v) is 6.06. The molecule has 180 valence electrons. The first-order chi connectivity index (χ1) is 16.9. The van der Waals surface area contributed by atoms with Crippen molar-refractivity contribution in [3.8, 4) is 0 Å². The van der Waals surface area contributed by atoms with Gasteiger partial charge in [-0.25, -0.2) is 13.2 Å². The number of carbonyl (C=O) groups is 2. The molecule has 3 aromatic carbocycles. The van der Waals surface area contributed by atoms with Gasteiger partial charge < -0.3 is 10.1 Å². The van der Waals surface area contributed by atoms with Crippen molar-refractivity contribution in [2.24, 2.45) is 0 Å². The number of nitrogens with one attached hydrogen (secondary N) is 2. The first-order valence-corrected chi connectivity index (χ1v) is 13.3. The lowest BCUT2D eigenvalue weighted by molar-refractivity contribution is 0.0600. The number of hydrogen-bond donors (Lipinski definition) is 2. The highest BCUT2D eigenvalue weighted by molar-refractivity contribution is 7.93. The van der Waals surface area contributed by atoms with Gasteiger partial charge in [0.1, 0.15) is 10.1 Å². The zero-order valence-corrected chi connectivity index (χ0v) is 20.6. The molecule has 4 aromatic rings. The van der Waals surface area contributed by atoms with Crippen molar-refractivity contribution in [1.82, 2.24) is 10.6 Å². The maximum Gasteiger partial charge on any atom is 0.337 e. The number of esters is 1. The van der Waals surface area contributed by atoms with Crippen LogP contribution in [0.15, 0.2) is 83.1 Å². The molecule has 0 unspecified atom stereocenters. The van der Waals surface area contributed by atoms with E-state index in [0.717, 1.165) is 21.2 Å². The largest absolute Gasteiger partial charge is 0.465 e. The molecule has 9 heteroatoms. The van der Waals surface area contributed by atoms with Gasteiger partial charge in [-0.3, -0.25) is 10.1 Å². The Hall–Kier alpha value is -3.53. The number of amides is 1. The van der Waals surface area contributed by atoms with Gasteiger partial charge in [0.25, 0.3) is 5.91 Å². The fraction of sp³-hybridized carbons (Fsp3) is 0.154. The molecule has 2 N–H and O–H groups in total. The maximum atomic E-state index is 12.7. The summed E-state index contributed by atoms with van der Waals surface area (Å²) < 4.78 is 31.4. The highest BCUT2D eigenvalue weighted by atomic mass is 32.2. The minimum Gasteiger partial charge on any atom is -0.465 e. The summed E-state index contributed by atoms with van der Waals surface area (Å²) in [5.74, 6) is -0.859. The number of hydrogen-bond acceptors (Lipinski definition) is 7. The fourth-order valence-electron chi connectivity index (χ4n) is 3.50. The van der Waals surface area contributed by atoms with E-state index in [-0.39, 0.29) is 11.8 Å². The lowest BCUT2D eigenvalue weighted by Gasteiger charge is -2.09. The van der Waals surface area contributed by atoms with Gasteiger partial charge in [-0.15, -0.1) is 11.3 Å². The Bertz CT molecular complexity index is 1430. The Morgan fingerprint density at radius 3 is 2.37 bits per heavy atom. The van der Waals surface area contributed by atoms with E-state index in [4.69, 9.17) is 0 Å². The summed E-state index contributed by atoms with van der Waals surface area (Å²) in [6.45, 7) is 0.608. The Morgan fingerprint density at radius 2 is 1.63 bits per heavy atom. The molecule has 1 heterocycles.